The summed E-state index contributed by atoms with van der Waals surface area (Å²) in [6.07, 6.45) is 0. The zero-order chi connectivity index (χ0) is 15.9. The summed E-state index contributed by atoms with van der Waals surface area (Å²) in [6.45, 7) is 4.55. The van der Waals surface area contributed by atoms with Crippen molar-refractivity contribution in [3.8, 4) is 5.75 Å². The van der Waals surface area contributed by atoms with E-state index in [1.807, 2.05) is 50.2 Å². The molecule has 0 unspecified atom stereocenters. The topological polar surface area (TPSA) is 41.6 Å². The molecule has 0 fully saturated rings. The number of carbonyl (C=O) groups is 1. The van der Waals surface area contributed by atoms with Gasteiger partial charge in [-0.2, -0.15) is 0 Å². The number of hydrogen-bond donors (Lipinski definition) is 1. The summed E-state index contributed by atoms with van der Waals surface area (Å²) < 4.78 is 5.43. The third kappa shape index (κ3) is 4.40. The fraction of sp³-hybridized carbons (Fsp3) is 0.235. The molecule has 1 N–H and O–H groups in total. The van der Waals surface area contributed by atoms with Gasteiger partial charge in [-0.1, -0.05) is 41.4 Å². The molecule has 0 radical (unpaired) electrons. The van der Waals surface area contributed by atoms with Gasteiger partial charge >= 0.3 is 0 Å². The molecule has 116 valence electrons. The zero-order valence-electron chi connectivity index (χ0n) is 12.7. The Kier molecular flexibility index (Phi) is 5.67. The number of nitrogens with zero attached hydrogens (tertiary/aromatic N) is 1. The number of nitrogens with one attached hydrogen (secondary N) is 1. The predicted octanol–water partition coefficient (Wildman–Crippen LogP) is 3.58. The molecule has 0 aliphatic rings. The SMILES string of the molecule is CCN(NC(=O)COc1ccccc1Cl)c1ccc(C)cc1. The standard InChI is InChI=1S/C17H19ClN2O2/c1-3-20(14-10-8-13(2)9-11-14)19-17(21)12-22-16-7-5-4-6-15(16)18/h4-11H,3,12H2,1-2H3,(H,19,21). The first kappa shape index (κ1) is 16.2. The lowest BCUT2D eigenvalue weighted by Crippen LogP contribution is -2.44. The predicted molar refractivity (Wildman–Crippen MR) is 89.3 cm³/mol. The van der Waals surface area contributed by atoms with Crippen LogP contribution in [0.25, 0.3) is 0 Å². The van der Waals surface area contributed by atoms with E-state index in [4.69, 9.17) is 16.3 Å². The summed E-state index contributed by atoms with van der Waals surface area (Å²) in [4.78, 5) is 12.0. The molecular weight excluding hydrogens is 300 g/mol. The monoisotopic (exact) mass is 318 g/mol. The Labute approximate surface area is 135 Å². The van der Waals surface area contributed by atoms with E-state index >= 15 is 0 Å². The van der Waals surface area contributed by atoms with Crippen LogP contribution in [0.5, 0.6) is 5.75 Å². The molecule has 0 saturated carbocycles. The van der Waals surface area contributed by atoms with E-state index < -0.39 is 0 Å². The lowest BCUT2D eigenvalue weighted by atomic mass is 10.2. The van der Waals surface area contributed by atoms with E-state index in [-0.39, 0.29) is 12.5 Å². The molecule has 0 aromatic heterocycles. The molecule has 5 heteroatoms. The fourth-order valence-corrected chi connectivity index (χ4v) is 2.13. The second kappa shape index (κ2) is 7.71. The van der Waals surface area contributed by atoms with Crippen LogP contribution in [-0.2, 0) is 4.79 Å². The number of halogens is 1. The molecule has 0 atom stereocenters. The van der Waals surface area contributed by atoms with Gasteiger partial charge in [-0.05, 0) is 38.1 Å². The van der Waals surface area contributed by atoms with Crippen LogP contribution in [0.1, 0.15) is 12.5 Å². The molecule has 0 saturated heterocycles. The van der Waals surface area contributed by atoms with Crippen LogP contribution >= 0.6 is 11.6 Å². The third-order valence-corrected chi connectivity index (χ3v) is 3.43. The Bertz CT molecular complexity index is 629. The summed E-state index contributed by atoms with van der Waals surface area (Å²) in [5.41, 5.74) is 4.92. The zero-order valence-corrected chi connectivity index (χ0v) is 13.4. The third-order valence-electron chi connectivity index (χ3n) is 3.12. The number of carbonyl (C=O) groups excluding carboxylic acids is 1. The summed E-state index contributed by atoms with van der Waals surface area (Å²) in [5.74, 6) is 0.264. The normalized spacial score (nSPS) is 10.1. The minimum atomic E-state index is -0.234. The van der Waals surface area contributed by atoms with Crippen molar-refractivity contribution in [1.82, 2.24) is 5.43 Å². The van der Waals surface area contributed by atoms with Crippen LogP contribution in [0.15, 0.2) is 48.5 Å². The van der Waals surface area contributed by atoms with Crippen molar-refractivity contribution in [2.24, 2.45) is 0 Å². The van der Waals surface area contributed by atoms with E-state index in [2.05, 4.69) is 5.43 Å². The number of benzene rings is 2. The van der Waals surface area contributed by atoms with Crippen molar-refractivity contribution in [3.63, 3.8) is 0 Å². The molecule has 1 amide bonds. The van der Waals surface area contributed by atoms with Crippen LogP contribution in [0.2, 0.25) is 5.02 Å². The minimum Gasteiger partial charge on any atom is -0.482 e. The first-order chi connectivity index (χ1) is 10.6. The second-order valence-electron chi connectivity index (χ2n) is 4.83. The van der Waals surface area contributed by atoms with Gasteiger partial charge in [0.1, 0.15) is 5.75 Å². The van der Waals surface area contributed by atoms with E-state index in [0.29, 0.717) is 17.3 Å². The van der Waals surface area contributed by atoms with Crippen LogP contribution < -0.4 is 15.2 Å². The number of ether oxygens (including phenoxy) is 1. The highest BCUT2D eigenvalue weighted by atomic mass is 35.5. The Balaban J connectivity index is 1.92. The van der Waals surface area contributed by atoms with E-state index in [1.165, 1.54) is 5.56 Å². The minimum absolute atomic E-state index is 0.0912. The summed E-state index contributed by atoms with van der Waals surface area (Å²) in [7, 11) is 0. The van der Waals surface area contributed by atoms with Gasteiger partial charge in [0.15, 0.2) is 6.61 Å². The maximum atomic E-state index is 12.0. The maximum absolute atomic E-state index is 12.0. The van der Waals surface area contributed by atoms with Crippen molar-refractivity contribution in [2.75, 3.05) is 18.2 Å². The van der Waals surface area contributed by atoms with Gasteiger partial charge in [0, 0.05) is 6.54 Å². The summed E-state index contributed by atoms with van der Waals surface area (Å²) in [5, 5.41) is 2.26. The molecule has 2 aromatic rings. The molecule has 0 bridgehead atoms. The van der Waals surface area contributed by atoms with Crippen molar-refractivity contribution < 1.29 is 9.53 Å². The van der Waals surface area contributed by atoms with E-state index in [0.717, 1.165) is 5.69 Å². The van der Waals surface area contributed by atoms with Crippen LogP contribution in [0, 0.1) is 6.92 Å². The summed E-state index contributed by atoms with van der Waals surface area (Å²) in [6, 6.07) is 15.0. The Hall–Kier alpha value is -2.20. The van der Waals surface area contributed by atoms with Crippen LogP contribution in [0.3, 0.4) is 0 Å². The number of aryl methyl sites for hydroxylation is 1. The Morgan fingerprint density at radius 2 is 1.86 bits per heavy atom. The van der Waals surface area contributed by atoms with Gasteiger partial charge in [0.2, 0.25) is 0 Å². The number of hydrazine groups is 1. The fourth-order valence-electron chi connectivity index (χ4n) is 1.94. The molecule has 2 aromatic carbocycles. The summed E-state index contributed by atoms with van der Waals surface area (Å²) >= 11 is 5.98. The van der Waals surface area contributed by atoms with Gasteiger partial charge in [0.05, 0.1) is 10.7 Å². The maximum Gasteiger partial charge on any atom is 0.276 e. The molecule has 0 spiro atoms. The molecule has 2 rings (SSSR count). The van der Waals surface area contributed by atoms with Crippen molar-refractivity contribution >= 4 is 23.2 Å². The molecule has 0 aliphatic heterocycles. The lowest BCUT2D eigenvalue weighted by Gasteiger charge is -2.24. The number of amides is 1. The van der Waals surface area contributed by atoms with E-state index in [1.54, 1.807) is 17.1 Å². The molecule has 0 heterocycles. The number of para-hydroxylation sites is 1. The van der Waals surface area contributed by atoms with Crippen molar-refractivity contribution in [1.29, 1.82) is 0 Å². The average Bonchev–Trinajstić information content (AvgIpc) is 2.53. The molecule has 0 aliphatic carbocycles. The quantitative estimate of drug-likeness (QED) is 0.828. The van der Waals surface area contributed by atoms with Gasteiger partial charge < -0.3 is 4.74 Å². The number of anilines is 1. The second-order valence-corrected chi connectivity index (χ2v) is 5.24. The van der Waals surface area contributed by atoms with Crippen molar-refractivity contribution in [3.05, 3.63) is 59.1 Å². The van der Waals surface area contributed by atoms with Gasteiger partial charge in [-0.3, -0.25) is 15.2 Å². The van der Waals surface area contributed by atoms with Gasteiger partial charge in [0.25, 0.3) is 5.91 Å². The average molecular weight is 319 g/mol. The number of rotatable bonds is 6. The molecule has 4 nitrogen and oxygen atoms in total. The molecule has 22 heavy (non-hydrogen) atoms. The molecular formula is C17H19ClN2O2. The van der Waals surface area contributed by atoms with Crippen LogP contribution in [0.4, 0.5) is 5.69 Å². The van der Waals surface area contributed by atoms with E-state index in [9.17, 15) is 4.79 Å². The van der Waals surface area contributed by atoms with Gasteiger partial charge in [-0.15, -0.1) is 0 Å². The highest BCUT2D eigenvalue weighted by Crippen LogP contribution is 2.22. The van der Waals surface area contributed by atoms with Gasteiger partial charge in [-0.25, -0.2) is 0 Å². The smallest absolute Gasteiger partial charge is 0.276 e. The largest absolute Gasteiger partial charge is 0.482 e. The van der Waals surface area contributed by atoms with Crippen LogP contribution in [-0.4, -0.2) is 19.1 Å². The number of hydrogen-bond acceptors (Lipinski definition) is 3. The highest BCUT2D eigenvalue weighted by molar-refractivity contribution is 6.32. The lowest BCUT2D eigenvalue weighted by molar-refractivity contribution is -0.123. The Morgan fingerprint density at radius 3 is 2.50 bits per heavy atom. The van der Waals surface area contributed by atoms with Crippen molar-refractivity contribution in [2.45, 2.75) is 13.8 Å². The first-order valence-electron chi connectivity index (χ1n) is 7.11. The first-order valence-corrected chi connectivity index (χ1v) is 7.49. The highest BCUT2D eigenvalue weighted by Gasteiger charge is 2.10. The Morgan fingerprint density at radius 1 is 1.18 bits per heavy atom.